The highest BCUT2D eigenvalue weighted by Crippen LogP contribution is 2.26. The molecular formula is C17H22N4O2S. The van der Waals surface area contributed by atoms with Gasteiger partial charge in [0.2, 0.25) is 5.91 Å². The monoisotopic (exact) mass is 346 g/mol. The van der Waals surface area contributed by atoms with Crippen molar-refractivity contribution in [3.05, 3.63) is 43.0 Å². The normalized spacial score (nSPS) is 13.6. The molecule has 2 N–H and O–H groups in total. The molecule has 1 aliphatic rings. The molecule has 24 heavy (non-hydrogen) atoms. The van der Waals surface area contributed by atoms with E-state index in [1.54, 1.807) is 18.3 Å². The van der Waals surface area contributed by atoms with Gasteiger partial charge in [-0.2, -0.15) is 4.98 Å². The predicted molar refractivity (Wildman–Crippen MR) is 93.3 cm³/mol. The van der Waals surface area contributed by atoms with Gasteiger partial charge in [-0.15, -0.1) is 11.3 Å². The van der Waals surface area contributed by atoms with Gasteiger partial charge in [0.15, 0.2) is 0 Å². The smallest absolute Gasteiger partial charge is 0.345 e. The number of fused-ring (bicyclic) bond motifs is 1. The van der Waals surface area contributed by atoms with Crippen molar-refractivity contribution in [2.75, 3.05) is 0 Å². The summed E-state index contributed by atoms with van der Waals surface area (Å²) >= 11 is 1.72. The van der Waals surface area contributed by atoms with Gasteiger partial charge >= 0.3 is 5.69 Å². The van der Waals surface area contributed by atoms with Crippen LogP contribution in [0.3, 0.4) is 0 Å². The number of nitrogens with one attached hydrogen (secondary N) is 2. The van der Waals surface area contributed by atoms with E-state index in [0.29, 0.717) is 25.1 Å². The molecule has 0 bridgehead atoms. The van der Waals surface area contributed by atoms with E-state index in [0.717, 1.165) is 29.1 Å². The van der Waals surface area contributed by atoms with Crippen LogP contribution in [0.25, 0.3) is 0 Å². The number of aromatic nitrogens is 3. The molecule has 2 heterocycles. The Morgan fingerprint density at radius 3 is 2.79 bits per heavy atom. The summed E-state index contributed by atoms with van der Waals surface area (Å²) < 4.78 is 0. The average molecular weight is 346 g/mol. The van der Waals surface area contributed by atoms with Crippen molar-refractivity contribution in [2.24, 2.45) is 0 Å². The van der Waals surface area contributed by atoms with Crippen LogP contribution in [0.15, 0.2) is 4.79 Å². The molecule has 0 fully saturated rings. The predicted octanol–water partition coefficient (Wildman–Crippen LogP) is 1.97. The Kier molecular flexibility index (Phi) is 5.08. The number of carbonyl (C=O) groups is 1. The van der Waals surface area contributed by atoms with Crippen molar-refractivity contribution in [3.8, 4) is 0 Å². The minimum absolute atomic E-state index is 0.00632. The fourth-order valence-electron chi connectivity index (χ4n) is 3.11. The molecule has 2 aromatic heterocycles. The minimum atomic E-state index is -0.342. The van der Waals surface area contributed by atoms with Crippen LogP contribution in [0, 0.1) is 13.8 Å². The number of H-pyrrole nitrogens is 1. The first-order chi connectivity index (χ1) is 11.5. The van der Waals surface area contributed by atoms with E-state index in [-0.39, 0.29) is 11.6 Å². The molecule has 128 valence electrons. The number of carbonyl (C=O) groups excluding carboxylic acids is 1. The number of hydrogen-bond donors (Lipinski definition) is 2. The van der Waals surface area contributed by atoms with Crippen LogP contribution in [0.5, 0.6) is 0 Å². The largest absolute Gasteiger partial charge is 0.350 e. The Morgan fingerprint density at radius 2 is 2.04 bits per heavy atom. The first-order valence-corrected chi connectivity index (χ1v) is 9.15. The Labute approximate surface area is 144 Å². The number of nitrogens with zero attached hydrogens (tertiary/aromatic N) is 2. The standard InChI is InChI=1S/C17H22N4O2S/c1-10-12(11(2)20-17(23)19-10)7-8-15(22)18-9-16-21-13-5-3-4-6-14(13)24-16/h3-9H2,1-2H3,(H,18,22)(H,19,20,23). The summed E-state index contributed by atoms with van der Waals surface area (Å²) in [5.74, 6) is -0.00632. The van der Waals surface area contributed by atoms with Crippen molar-refractivity contribution >= 4 is 17.2 Å². The molecule has 1 aliphatic carbocycles. The van der Waals surface area contributed by atoms with Gasteiger partial charge in [0.25, 0.3) is 0 Å². The molecule has 6 nitrogen and oxygen atoms in total. The zero-order chi connectivity index (χ0) is 17.1. The van der Waals surface area contributed by atoms with Gasteiger partial charge in [-0.05, 0) is 51.5 Å². The number of thiazole rings is 1. The lowest BCUT2D eigenvalue weighted by molar-refractivity contribution is -0.121. The molecule has 0 radical (unpaired) electrons. The van der Waals surface area contributed by atoms with Gasteiger partial charge in [0, 0.05) is 22.7 Å². The lowest BCUT2D eigenvalue weighted by Crippen LogP contribution is -2.24. The van der Waals surface area contributed by atoms with E-state index in [9.17, 15) is 9.59 Å². The molecule has 0 aliphatic heterocycles. The zero-order valence-corrected chi connectivity index (χ0v) is 14.9. The maximum absolute atomic E-state index is 12.1. The maximum Gasteiger partial charge on any atom is 0.345 e. The molecule has 7 heteroatoms. The number of amides is 1. The second-order valence-electron chi connectivity index (χ2n) is 6.19. The molecule has 0 unspecified atom stereocenters. The summed E-state index contributed by atoms with van der Waals surface area (Å²) in [5, 5.41) is 3.94. The second-order valence-corrected chi connectivity index (χ2v) is 7.36. The quantitative estimate of drug-likeness (QED) is 0.866. The van der Waals surface area contributed by atoms with Gasteiger partial charge < -0.3 is 10.3 Å². The summed E-state index contributed by atoms with van der Waals surface area (Å²) in [5.41, 5.74) is 3.30. The number of aromatic amines is 1. The number of hydrogen-bond acceptors (Lipinski definition) is 5. The topological polar surface area (TPSA) is 87.7 Å². The Balaban J connectivity index is 1.53. The molecule has 0 aromatic carbocycles. The third-order valence-electron chi connectivity index (χ3n) is 4.38. The van der Waals surface area contributed by atoms with Crippen LogP contribution < -0.4 is 11.0 Å². The fourth-order valence-corrected chi connectivity index (χ4v) is 4.20. The van der Waals surface area contributed by atoms with Crippen LogP contribution in [0.1, 0.15) is 51.8 Å². The minimum Gasteiger partial charge on any atom is -0.350 e. The van der Waals surface area contributed by atoms with Gasteiger partial charge in [-0.1, -0.05) is 0 Å². The molecule has 3 rings (SSSR count). The van der Waals surface area contributed by atoms with Crippen molar-refractivity contribution in [1.29, 1.82) is 0 Å². The van der Waals surface area contributed by atoms with Crippen LogP contribution in [0.4, 0.5) is 0 Å². The van der Waals surface area contributed by atoms with Crippen molar-refractivity contribution in [3.63, 3.8) is 0 Å². The summed E-state index contributed by atoms with van der Waals surface area (Å²) in [7, 11) is 0. The molecule has 0 spiro atoms. The molecular weight excluding hydrogens is 324 g/mol. The average Bonchev–Trinajstić information content (AvgIpc) is 2.94. The fraction of sp³-hybridized carbons (Fsp3) is 0.529. The molecule has 1 amide bonds. The SMILES string of the molecule is Cc1nc(=O)[nH]c(C)c1CCC(=O)NCc1nc2c(s1)CCCC2. The highest BCUT2D eigenvalue weighted by Gasteiger charge is 2.15. The van der Waals surface area contributed by atoms with Crippen molar-refractivity contribution in [1.82, 2.24) is 20.3 Å². The van der Waals surface area contributed by atoms with Gasteiger partial charge in [0.05, 0.1) is 12.2 Å². The summed E-state index contributed by atoms with van der Waals surface area (Å²) in [6, 6.07) is 0. The van der Waals surface area contributed by atoms with Crippen molar-refractivity contribution in [2.45, 2.75) is 58.9 Å². The molecule has 0 saturated heterocycles. The number of aryl methyl sites for hydroxylation is 4. The third kappa shape index (κ3) is 3.90. The zero-order valence-electron chi connectivity index (χ0n) is 14.1. The Hall–Kier alpha value is -2.02. The second kappa shape index (κ2) is 7.25. The first-order valence-electron chi connectivity index (χ1n) is 8.33. The lowest BCUT2D eigenvalue weighted by atomic mass is 10.0. The van der Waals surface area contributed by atoms with E-state index in [2.05, 4.69) is 20.3 Å². The summed E-state index contributed by atoms with van der Waals surface area (Å²) in [6.45, 7) is 4.14. The molecule has 2 aromatic rings. The highest BCUT2D eigenvalue weighted by atomic mass is 32.1. The Morgan fingerprint density at radius 1 is 1.25 bits per heavy atom. The van der Waals surface area contributed by atoms with E-state index in [4.69, 9.17) is 0 Å². The van der Waals surface area contributed by atoms with E-state index >= 15 is 0 Å². The summed E-state index contributed by atoms with van der Waals surface area (Å²) in [4.78, 5) is 36.0. The first kappa shape index (κ1) is 16.8. The van der Waals surface area contributed by atoms with Crippen LogP contribution >= 0.6 is 11.3 Å². The van der Waals surface area contributed by atoms with Crippen LogP contribution in [-0.2, 0) is 30.6 Å². The third-order valence-corrected chi connectivity index (χ3v) is 5.54. The van der Waals surface area contributed by atoms with Crippen LogP contribution in [-0.4, -0.2) is 20.9 Å². The lowest BCUT2D eigenvalue weighted by Gasteiger charge is -2.08. The molecule has 0 atom stereocenters. The van der Waals surface area contributed by atoms with Gasteiger partial charge in [-0.25, -0.2) is 9.78 Å². The number of rotatable bonds is 5. The van der Waals surface area contributed by atoms with E-state index < -0.39 is 0 Å². The van der Waals surface area contributed by atoms with E-state index in [1.807, 2.05) is 6.92 Å². The Bertz CT molecular complexity index is 760. The molecule has 0 saturated carbocycles. The van der Waals surface area contributed by atoms with Crippen molar-refractivity contribution < 1.29 is 4.79 Å². The highest BCUT2D eigenvalue weighted by molar-refractivity contribution is 7.11. The maximum atomic E-state index is 12.1. The van der Waals surface area contributed by atoms with E-state index in [1.165, 1.54) is 23.4 Å². The summed E-state index contributed by atoms with van der Waals surface area (Å²) in [6.07, 6.45) is 5.60. The van der Waals surface area contributed by atoms with Crippen LogP contribution in [0.2, 0.25) is 0 Å². The van der Waals surface area contributed by atoms with Gasteiger partial charge in [0.1, 0.15) is 5.01 Å². The van der Waals surface area contributed by atoms with Gasteiger partial charge in [-0.3, -0.25) is 4.79 Å².